The van der Waals surface area contributed by atoms with Crippen molar-refractivity contribution in [3.8, 4) is 0 Å². The smallest absolute Gasteiger partial charge is 0.305 e. The fraction of sp³-hybridized carbons (Fsp3) is 0.922. The lowest BCUT2D eigenvalue weighted by Crippen LogP contribution is -2.58. The highest BCUT2D eigenvalue weighted by Gasteiger charge is 2.65. The number of carbonyl (C=O) groups is 4. The Hall–Kier alpha value is -1.80. The Labute approximate surface area is 357 Å². The number of carboxylic acids is 1. The van der Waals surface area contributed by atoms with Crippen LogP contribution < -0.4 is 0 Å². The van der Waals surface area contributed by atoms with Gasteiger partial charge in [-0.1, -0.05) is 55.4 Å². The molecule has 8 rings (SSSR count). The van der Waals surface area contributed by atoms with Crippen molar-refractivity contribution in [2.45, 2.75) is 196 Å². The number of fused-ring (bicyclic) bond motifs is 10. The second-order valence-electron chi connectivity index (χ2n) is 22.4. The normalized spacial score (nSPS) is 46.8. The lowest BCUT2D eigenvalue weighted by atomic mass is 9.43. The summed E-state index contributed by atoms with van der Waals surface area (Å²) in [5.74, 6) is 6.10. The predicted molar refractivity (Wildman–Crippen MR) is 231 cm³/mol. The molecular weight excluding hydrogens is 741 g/mol. The molecule has 0 aromatic carbocycles. The first-order valence-electron chi connectivity index (χ1n) is 24.6. The van der Waals surface area contributed by atoms with E-state index >= 15 is 0 Å². The molecule has 0 aliphatic heterocycles. The minimum atomic E-state index is -0.707. The van der Waals surface area contributed by atoms with Gasteiger partial charge in [0.1, 0.15) is 11.6 Å². The second kappa shape index (κ2) is 18.1. The van der Waals surface area contributed by atoms with Gasteiger partial charge in [0.25, 0.3) is 0 Å². The van der Waals surface area contributed by atoms with Gasteiger partial charge >= 0.3 is 11.9 Å². The monoisotopic (exact) mass is 825 g/mol. The van der Waals surface area contributed by atoms with Crippen LogP contribution in [-0.2, 0) is 23.9 Å². The maximum Gasteiger partial charge on any atom is 0.305 e. The van der Waals surface area contributed by atoms with E-state index in [1.807, 2.05) is 13.8 Å². The first-order valence-corrected chi connectivity index (χ1v) is 24.6. The molecule has 0 aromatic rings. The average molecular weight is 825 g/mol. The van der Waals surface area contributed by atoms with E-state index in [2.05, 4.69) is 41.5 Å². The summed E-state index contributed by atoms with van der Waals surface area (Å²) in [6, 6.07) is 0. The zero-order valence-electron chi connectivity index (χ0n) is 38.6. The van der Waals surface area contributed by atoms with E-state index in [1.165, 1.54) is 32.8 Å². The number of ketones is 2. The molecule has 8 aliphatic rings. The molecule has 8 saturated carbocycles. The van der Waals surface area contributed by atoms with Crippen molar-refractivity contribution in [3.05, 3.63) is 0 Å². The van der Waals surface area contributed by atoms with Crippen LogP contribution in [0.4, 0.5) is 0 Å². The molecule has 0 radical (unpaired) electrons. The summed E-state index contributed by atoms with van der Waals surface area (Å²) in [6.45, 7) is 17.9. The molecule has 0 amide bonds. The third-order valence-electron chi connectivity index (χ3n) is 20.4. The Morgan fingerprint density at radius 3 is 1.97 bits per heavy atom. The number of methoxy groups -OCH3 is 1. The van der Waals surface area contributed by atoms with Crippen LogP contribution in [0.5, 0.6) is 0 Å². The van der Waals surface area contributed by atoms with E-state index in [-0.39, 0.29) is 46.3 Å². The highest BCUT2D eigenvalue weighted by Crippen LogP contribution is 2.69. The van der Waals surface area contributed by atoms with Crippen molar-refractivity contribution in [1.82, 2.24) is 0 Å². The first kappa shape index (κ1) is 46.7. The van der Waals surface area contributed by atoms with Crippen LogP contribution in [0.3, 0.4) is 0 Å². The van der Waals surface area contributed by atoms with Gasteiger partial charge in [0.05, 0.1) is 19.3 Å². The number of carbonyl (C=O) groups excluding carboxylic acids is 3. The topological polar surface area (TPSA) is 138 Å². The Bertz CT molecular complexity index is 1530. The number of aliphatic hydroxyl groups excluding tert-OH is 2. The fourth-order valence-corrected chi connectivity index (χ4v) is 17.1. The summed E-state index contributed by atoms with van der Waals surface area (Å²) in [7, 11) is 1.44. The number of aliphatic hydroxyl groups is 2. The maximum atomic E-state index is 13.7. The summed E-state index contributed by atoms with van der Waals surface area (Å²) in [5.41, 5.74) is 0.153. The van der Waals surface area contributed by atoms with Gasteiger partial charge in [0, 0.05) is 37.5 Å². The van der Waals surface area contributed by atoms with Gasteiger partial charge in [-0.05, 0) is 184 Å². The average Bonchev–Trinajstić information content (AvgIpc) is 3.77. The van der Waals surface area contributed by atoms with Gasteiger partial charge in [-0.25, -0.2) is 0 Å². The van der Waals surface area contributed by atoms with Crippen molar-refractivity contribution in [2.75, 3.05) is 7.11 Å². The first-order chi connectivity index (χ1) is 27.9. The number of Topliss-reactive ketones (excluding diaryl/α,β-unsaturated/α-hetero) is 2. The van der Waals surface area contributed by atoms with Gasteiger partial charge in [-0.15, -0.1) is 0 Å². The molecule has 8 heteroatoms. The summed E-state index contributed by atoms with van der Waals surface area (Å²) in [5, 5.41) is 30.8. The zero-order chi connectivity index (χ0) is 43.2. The molecule has 8 unspecified atom stereocenters. The number of hydrogen-bond acceptors (Lipinski definition) is 7. The van der Waals surface area contributed by atoms with Crippen LogP contribution in [0.1, 0.15) is 184 Å². The Morgan fingerprint density at radius 1 is 0.695 bits per heavy atom. The van der Waals surface area contributed by atoms with Crippen LogP contribution in [0, 0.1) is 92.7 Å². The van der Waals surface area contributed by atoms with E-state index in [1.54, 1.807) is 0 Å². The van der Waals surface area contributed by atoms with Crippen LogP contribution in [0.2, 0.25) is 0 Å². The second-order valence-corrected chi connectivity index (χ2v) is 22.4. The van der Waals surface area contributed by atoms with Crippen LogP contribution >= 0.6 is 0 Å². The molecule has 8 fully saturated rings. The van der Waals surface area contributed by atoms with E-state index in [4.69, 9.17) is 9.84 Å². The SMILES string of the molecule is CC.COC(=O)CC[C@@H](C)C1CCC2C3CC[C@@H]4CC(=O)CC[C@]4(C)C3CC(=O)[C@@]21C.C[C@H](CCC(=O)O)C1CCC2C3CC[C@@H]4C[C@H](O)CC[C@]4(C)C3C[C@H](O)[C@@]21C. The minimum absolute atomic E-state index is 0.0591. The van der Waals surface area contributed by atoms with E-state index in [9.17, 15) is 29.4 Å². The van der Waals surface area contributed by atoms with Crippen molar-refractivity contribution in [1.29, 1.82) is 0 Å². The third-order valence-corrected chi connectivity index (χ3v) is 20.4. The van der Waals surface area contributed by atoms with Crippen molar-refractivity contribution < 1.29 is 39.2 Å². The predicted octanol–water partition coefficient (Wildman–Crippen LogP) is 10.5. The number of ether oxygens (including phenoxy) is 1. The summed E-state index contributed by atoms with van der Waals surface area (Å²) < 4.78 is 4.83. The standard InChI is InChI=1S/C25H38O4.C24H40O4.C2H6/c1-15(5-10-23(28)29-4)19-8-9-20-18-7-6-16-13-17(26)11-12-24(16,2)21(18)14-22(27)25(19,20)3;1-14(4-9-22(27)28)18-7-8-19-17-6-5-15-12-16(25)10-11-23(15,2)20(17)13-21(26)24(18,19)3;1-2/h15-16,18-21H,5-14H2,1-4H3;14-21,25-26H,4-13H2,1-3H3,(H,27,28);1-2H3/t15-,16-,18?,19?,20?,21?,24+,25-;14-,15-,16-,17?,18?,19?,20?,21+,23+,24-;/m11./s1. The summed E-state index contributed by atoms with van der Waals surface area (Å²) in [4.78, 5) is 48.4. The third kappa shape index (κ3) is 8.16. The molecule has 0 spiro atoms. The Morgan fingerprint density at radius 2 is 1.29 bits per heavy atom. The molecule has 3 N–H and O–H groups in total. The number of rotatable bonds is 8. The van der Waals surface area contributed by atoms with Gasteiger partial charge in [-0.3, -0.25) is 19.2 Å². The molecular formula is C51H84O8. The molecule has 0 heterocycles. The molecule has 8 aliphatic carbocycles. The molecule has 8 nitrogen and oxygen atoms in total. The van der Waals surface area contributed by atoms with E-state index in [0.29, 0.717) is 102 Å². The molecule has 336 valence electrons. The number of aliphatic carboxylic acids is 1. The highest BCUT2D eigenvalue weighted by atomic mass is 16.5. The van der Waals surface area contributed by atoms with Crippen LogP contribution in [0.15, 0.2) is 0 Å². The van der Waals surface area contributed by atoms with Gasteiger partial charge in [-0.2, -0.15) is 0 Å². The molecule has 59 heavy (non-hydrogen) atoms. The molecule has 0 bridgehead atoms. The fourth-order valence-electron chi connectivity index (χ4n) is 17.1. The van der Waals surface area contributed by atoms with Gasteiger partial charge in [0.15, 0.2) is 0 Å². The van der Waals surface area contributed by atoms with Crippen molar-refractivity contribution in [2.24, 2.45) is 92.7 Å². The van der Waals surface area contributed by atoms with Gasteiger partial charge in [0.2, 0.25) is 0 Å². The summed E-state index contributed by atoms with van der Waals surface area (Å²) >= 11 is 0. The molecule has 0 saturated heterocycles. The number of esters is 1. The van der Waals surface area contributed by atoms with E-state index in [0.717, 1.165) is 77.0 Å². The Kier molecular flexibility index (Phi) is 14.3. The molecule has 18 atom stereocenters. The highest BCUT2D eigenvalue weighted by molar-refractivity contribution is 5.87. The van der Waals surface area contributed by atoms with Crippen LogP contribution in [0.25, 0.3) is 0 Å². The van der Waals surface area contributed by atoms with Crippen molar-refractivity contribution >= 4 is 23.5 Å². The quantitative estimate of drug-likeness (QED) is 0.206. The largest absolute Gasteiger partial charge is 0.481 e. The molecule has 0 aromatic heterocycles. The van der Waals surface area contributed by atoms with E-state index < -0.39 is 5.97 Å². The zero-order valence-corrected chi connectivity index (χ0v) is 38.6. The summed E-state index contributed by atoms with van der Waals surface area (Å²) in [6.07, 6.45) is 18.3. The number of carboxylic acid groups (broad SMARTS) is 1. The van der Waals surface area contributed by atoms with Gasteiger partial charge < -0.3 is 20.1 Å². The van der Waals surface area contributed by atoms with Crippen molar-refractivity contribution in [3.63, 3.8) is 0 Å². The lowest BCUT2D eigenvalue weighted by Gasteiger charge is -2.62. The Balaban J connectivity index is 0.000000191. The maximum absolute atomic E-state index is 13.7. The number of hydrogen-bond donors (Lipinski definition) is 3. The van der Waals surface area contributed by atoms with Crippen LogP contribution in [-0.4, -0.2) is 58.1 Å². The lowest BCUT2D eigenvalue weighted by molar-refractivity contribution is -0.175. The minimum Gasteiger partial charge on any atom is -0.481 e.